The van der Waals surface area contributed by atoms with Gasteiger partial charge in [-0.05, 0) is 17.5 Å². The van der Waals surface area contributed by atoms with Gasteiger partial charge in [0.15, 0.2) is 0 Å². The van der Waals surface area contributed by atoms with Crippen LogP contribution in [0.1, 0.15) is 16.5 Å². The van der Waals surface area contributed by atoms with Gasteiger partial charge in [-0.1, -0.05) is 60.7 Å². The Labute approximate surface area is 179 Å². The van der Waals surface area contributed by atoms with E-state index in [0.29, 0.717) is 12.2 Å². The number of hydrogen-bond donors (Lipinski definition) is 3. The molecule has 0 aliphatic carbocycles. The van der Waals surface area contributed by atoms with Gasteiger partial charge in [-0.15, -0.1) is 11.8 Å². The lowest BCUT2D eigenvalue weighted by molar-refractivity contribution is -0.146. The fourth-order valence-corrected chi connectivity index (χ4v) is 4.76. The number of carboxylic acid groups (broad SMARTS) is 1. The van der Waals surface area contributed by atoms with Crippen molar-refractivity contribution in [2.45, 2.75) is 23.1 Å². The summed E-state index contributed by atoms with van der Waals surface area (Å²) in [6, 6.07) is 18.0. The third-order valence-corrected chi connectivity index (χ3v) is 6.35. The minimum atomic E-state index is -1.09. The van der Waals surface area contributed by atoms with Gasteiger partial charge in [-0.25, -0.2) is 0 Å². The summed E-state index contributed by atoms with van der Waals surface area (Å²) in [6.45, 7) is -0.425. The molecular weight excluding hydrogens is 408 g/mol. The van der Waals surface area contributed by atoms with E-state index in [-0.39, 0.29) is 5.91 Å². The van der Waals surface area contributed by atoms with Crippen molar-refractivity contribution >= 4 is 42.2 Å². The van der Waals surface area contributed by atoms with Crippen molar-refractivity contribution in [3.05, 3.63) is 71.8 Å². The Hall–Kier alpha value is -2.45. The van der Waals surface area contributed by atoms with Crippen LogP contribution in [-0.4, -0.2) is 51.4 Å². The van der Waals surface area contributed by atoms with Gasteiger partial charge in [0, 0.05) is 5.75 Å². The SMILES string of the molecule is O=C(O)CN1C(=O)[C@H](NC(=O)[C@@H](S)Cc2ccccc2)CS[C@@H]1c1ccccc1. The van der Waals surface area contributed by atoms with Crippen molar-refractivity contribution in [2.24, 2.45) is 0 Å². The van der Waals surface area contributed by atoms with E-state index in [4.69, 9.17) is 0 Å². The van der Waals surface area contributed by atoms with Crippen LogP contribution in [0.5, 0.6) is 0 Å². The second-order valence-electron chi connectivity index (χ2n) is 6.72. The first-order valence-electron chi connectivity index (χ1n) is 9.17. The van der Waals surface area contributed by atoms with E-state index in [1.54, 1.807) is 0 Å². The number of nitrogens with one attached hydrogen (secondary N) is 1. The highest BCUT2D eigenvalue weighted by Crippen LogP contribution is 2.37. The summed E-state index contributed by atoms with van der Waals surface area (Å²) in [7, 11) is 0. The summed E-state index contributed by atoms with van der Waals surface area (Å²) in [5.74, 6) is -1.47. The highest BCUT2D eigenvalue weighted by molar-refractivity contribution is 7.99. The summed E-state index contributed by atoms with van der Waals surface area (Å²) in [6.07, 6.45) is 0.440. The van der Waals surface area contributed by atoms with Crippen molar-refractivity contribution in [3.8, 4) is 0 Å². The Bertz CT molecular complexity index is 863. The molecule has 0 bridgehead atoms. The molecule has 1 heterocycles. The van der Waals surface area contributed by atoms with Gasteiger partial charge in [-0.3, -0.25) is 14.4 Å². The predicted molar refractivity (Wildman–Crippen MR) is 116 cm³/mol. The summed E-state index contributed by atoms with van der Waals surface area (Å²) in [4.78, 5) is 38.2. The van der Waals surface area contributed by atoms with Crippen LogP contribution in [0.15, 0.2) is 60.7 Å². The first kappa shape index (κ1) is 21.3. The summed E-state index contributed by atoms with van der Waals surface area (Å²) in [5, 5.41) is 11.0. The molecule has 2 aromatic carbocycles. The number of benzene rings is 2. The molecule has 1 aliphatic rings. The highest BCUT2D eigenvalue weighted by atomic mass is 32.2. The highest BCUT2D eigenvalue weighted by Gasteiger charge is 2.38. The van der Waals surface area contributed by atoms with Gasteiger partial charge in [-0.2, -0.15) is 12.6 Å². The van der Waals surface area contributed by atoms with Crippen LogP contribution >= 0.6 is 24.4 Å². The largest absolute Gasteiger partial charge is 0.480 e. The van der Waals surface area contributed by atoms with E-state index in [2.05, 4.69) is 17.9 Å². The molecule has 0 unspecified atom stereocenters. The number of thioether (sulfide) groups is 1. The lowest BCUT2D eigenvalue weighted by Crippen LogP contribution is -2.56. The van der Waals surface area contributed by atoms with E-state index in [1.807, 2.05) is 60.7 Å². The number of nitrogens with zero attached hydrogens (tertiary/aromatic N) is 1. The number of amides is 2. The van der Waals surface area contributed by atoms with Crippen LogP contribution in [0, 0.1) is 0 Å². The minimum Gasteiger partial charge on any atom is -0.480 e. The van der Waals surface area contributed by atoms with Crippen LogP contribution < -0.4 is 5.32 Å². The van der Waals surface area contributed by atoms with E-state index >= 15 is 0 Å². The van der Waals surface area contributed by atoms with Gasteiger partial charge >= 0.3 is 5.97 Å². The van der Waals surface area contributed by atoms with Gasteiger partial charge in [0.1, 0.15) is 18.0 Å². The molecule has 29 heavy (non-hydrogen) atoms. The molecular formula is C21H22N2O4S2. The molecule has 1 fully saturated rings. The summed E-state index contributed by atoms with van der Waals surface area (Å²) < 4.78 is 0. The quantitative estimate of drug-likeness (QED) is 0.587. The van der Waals surface area contributed by atoms with E-state index in [0.717, 1.165) is 11.1 Å². The molecule has 0 aromatic heterocycles. The Morgan fingerprint density at radius 2 is 1.76 bits per heavy atom. The van der Waals surface area contributed by atoms with Crippen LogP contribution in [0.3, 0.4) is 0 Å². The van der Waals surface area contributed by atoms with Crippen molar-refractivity contribution in [1.82, 2.24) is 10.2 Å². The maximum atomic E-state index is 13.0. The molecule has 152 valence electrons. The van der Waals surface area contributed by atoms with Crippen LogP contribution in [0.4, 0.5) is 0 Å². The van der Waals surface area contributed by atoms with Crippen molar-refractivity contribution in [2.75, 3.05) is 12.3 Å². The third-order valence-electron chi connectivity index (χ3n) is 4.57. The molecule has 0 spiro atoms. The summed E-state index contributed by atoms with van der Waals surface area (Å²) in [5.41, 5.74) is 1.83. The fourth-order valence-electron chi connectivity index (χ4n) is 3.17. The number of carbonyl (C=O) groups is 3. The van der Waals surface area contributed by atoms with E-state index in [9.17, 15) is 19.5 Å². The molecule has 2 amide bonds. The number of aliphatic carboxylic acids is 1. The van der Waals surface area contributed by atoms with Crippen LogP contribution in [0.25, 0.3) is 0 Å². The monoisotopic (exact) mass is 430 g/mol. The zero-order valence-electron chi connectivity index (χ0n) is 15.6. The Balaban J connectivity index is 1.68. The predicted octanol–water partition coefficient (Wildman–Crippen LogP) is 2.37. The third kappa shape index (κ3) is 5.55. The topological polar surface area (TPSA) is 86.7 Å². The molecule has 0 saturated carbocycles. The molecule has 1 aliphatic heterocycles. The first-order valence-corrected chi connectivity index (χ1v) is 10.7. The van der Waals surface area contributed by atoms with Crippen molar-refractivity contribution in [1.29, 1.82) is 0 Å². The normalized spacial score (nSPS) is 20.2. The standard InChI is InChI=1S/C21H22N2O4S2/c24-18(25)12-23-20(27)16(13-29-21(23)15-9-5-2-6-10-15)22-19(26)17(28)11-14-7-3-1-4-8-14/h1-10,16-17,21,28H,11-13H2,(H,22,26)(H,24,25)/t16-,17+,21-/m1/s1. The molecule has 2 aromatic rings. The zero-order valence-corrected chi connectivity index (χ0v) is 17.3. The van der Waals surface area contributed by atoms with E-state index in [1.165, 1.54) is 16.7 Å². The second-order valence-corrected chi connectivity index (χ2v) is 8.46. The van der Waals surface area contributed by atoms with Crippen molar-refractivity contribution < 1.29 is 19.5 Å². The molecule has 6 nitrogen and oxygen atoms in total. The lowest BCUT2D eigenvalue weighted by atomic mass is 10.1. The molecule has 3 rings (SSSR count). The van der Waals surface area contributed by atoms with Gasteiger partial charge in [0.2, 0.25) is 11.8 Å². The number of hydrogen-bond acceptors (Lipinski definition) is 5. The van der Waals surface area contributed by atoms with Gasteiger partial charge < -0.3 is 15.3 Å². The first-order chi connectivity index (χ1) is 14.0. The van der Waals surface area contributed by atoms with Crippen LogP contribution in [0.2, 0.25) is 0 Å². The Morgan fingerprint density at radius 3 is 2.38 bits per heavy atom. The zero-order chi connectivity index (χ0) is 20.8. The molecule has 3 atom stereocenters. The summed E-state index contributed by atoms with van der Waals surface area (Å²) >= 11 is 5.82. The number of carboxylic acids is 1. The minimum absolute atomic E-state index is 0.343. The Kier molecular flexibility index (Phi) is 7.22. The van der Waals surface area contributed by atoms with Crippen molar-refractivity contribution in [3.63, 3.8) is 0 Å². The molecule has 1 saturated heterocycles. The molecule has 2 N–H and O–H groups in total. The lowest BCUT2D eigenvalue weighted by Gasteiger charge is -2.38. The van der Waals surface area contributed by atoms with E-state index < -0.39 is 35.1 Å². The fraction of sp³-hybridized carbons (Fsp3) is 0.286. The average molecular weight is 431 g/mol. The van der Waals surface area contributed by atoms with Gasteiger partial charge in [0.25, 0.3) is 0 Å². The second kappa shape index (κ2) is 9.84. The maximum absolute atomic E-state index is 13.0. The molecule has 8 heteroatoms. The number of thiol groups is 1. The Morgan fingerprint density at radius 1 is 1.14 bits per heavy atom. The smallest absolute Gasteiger partial charge is 0.323 e. The number of rotatable bonds is 7. The number of carbonyl (C=O) groups excluding carboxylic acids is 2. The maximum Gasteiger partial charge on any atom is 0.323 e. The van der Waals surface area contributed by atoms with Crippen LogP contribution in [-0.2, 0) is 20.8 Å². The van der Waals surface area contributed by atoms with Gasteiger partial charge in [0.05, 0.1) is 5.25 Å². The molecule has 0 radical (unpaired) electrons. The average Bonchev–Trinajstić information content (AvgIpc) is 2.72.